The van der Waals surface area contributed by atoms with Gasteiger partial charge in [0.25, 0.3) is 10.0 Å². The summed E-state index contributed by atoms with van der Waals surface area (Å²) in [5.74, 6) is 0. The molecule has 1 N–H and O–H groups in total. The van der Waals surface area contributed by atoms with Gasteiger partial charge < -0.3 is 0 Å². The number of hydrogen-bond acceptors (Lipinski definition) is 3. The molecule has 9 heteroatoms. The molecule has 0 bridgehead atoms. The van der Waals surface area contributed by atoms with Crippen molar-refractivity contribution >= 4 is 31.6 Å². The molecule has 0 heterocycles. The van der Waals surface area contributed by atoms with Gasteiger partial charge >= 0.3 is 6.18 Å². The molecule has 0 spiro atoms. The molecule has 0 atom stereocenters. The predicted octanol–water partition coefficient (Wildman–Crippen LogP) is 4.14. The molecule has 0 aromatic heterocycles. The average Bonchev–Trinajstić information content (AvgIpc) is 2.48. The van der Waals surface area contributed by atoms with Crippen LogP contribution in [0.5, 0.6) is 0 Å². The van der Waals surface area contributed by atoms with Crippen LogP contribution in [0.4, 0.5) is 18.9 Å². The molecule has 0 saturated heterocycles. The van der Waals surface area contributed by atoms with E-state index in [0.29, 0.717) is 6.07 Å². The number of alkyl halides is 3. The molecule has 0 unspecified atom stereocenters. The van der Waals surface area contributed by atoms with Gasteiger partial charge in [-0.2, -0.15) is 18.4 Å². The third kappa shape index (κ3) is 3.83. The minimum atomic E-state index is -4.63. The van der Waals surface area contributed by atoms with Gasteiger partial charge in [0.1, 0.15) is 11.0 Å². The van der Waals surface area contributed by atoms with Gasteiger partial charge in [-0.05, 0) is 30.3 Å². The Morgan fingerprint density at radius 2 is 1.78 bits per heavy atom. The molecule has 0 fully saturated rings. The number of sulfonamides is 1. The van der Waals surface area contributed by atoms with Crippen LogP contribution in [0.25, 0.3) is 0 Å². The van der Waals surface area contributed by atoms with Crippen LogP contribution in [-0.2, 0) is 16.2 Å². The van der Waals surface area contributed by atoms with Crippen LogP contribution in [0.1, 0.15) is 11.1 Å². The number of rotatable bonds is 3. The Labute approximate surface area is 138 Å². The Hall–Kier alpha value is -2.05. The van der Waals surface area contributed by atoms with Gasteiger partial charge in [-0.25, -0.2) is 8.42 Å². The van der Waals surface area contributed by atoms with E-state index in [2.05, 4.69) is 15.9 Å². The molecule has 2 aromatic rings. The molecule has 2 rings (SSSR count). The molecule has 0 aliphatic carbocycles. The second kappa shape index (κ2) is 6.22. The summed E-state index contributed by atoms with van der Waals surface area (Å²) in [5, 5.41) is 8.94. The van der Waals surface area contributed by atoms with Crippen molar-refractivity contribution in [1.82, 2.24) is 0 Å². The van der Waals surface area contributed by atoms with E-state index < -0.39 is 21.8 Å². The Bertz CT molecular complexity index is 890. The van der Waals surface area contributed by atoms with E-state index in [-0.39, 0.29) is 20.6 Å². The molecule has 4 nitrogen and oxygen atoms in total. The lowest BCUT2D eigenvalue weighted by Crippen LogP contribution is -2.15. The van der Waals surface area contributed by atoms with Gasteiger partial charge in [0.2, 0.25) is 0 Å². The molecule has 0 saturated carbocycles. The summed E-state index contributed by atoms with van der Waals surface area (Å²) in [6.45, 7) is 0. The van der Waals surface area contributed by atoms with E-state index in [0.717, 1.165) is 6.07 Å². The maximum absolute atomic E-state index is 12.9. The van der Waals surface area contributed by atoms with Crippen LogP contribution < -0.4 is 4.72 Å². The zero-order valence-electron chi connectivity index (χ0n) is 11.2. The van der Waals surface area contributed by atoms with E-state index in [1.165, 1.54) is 30.3 Å². The summed E-state index contributed by atoms with van der Waals surface area (Å²) in [6, 6.07) is 10.1. The number of benzene rings is 2. The van der Waals surface area contributed by atoms with Gasteiger partial charge in [0, 0.05) is 10.2 Å². The lowest BCUT2D eigenvalue weighted by molar-refractivity contribution is -0.138. The van der Waals surface area contributed by atoms with E-state index in [1.807, 2.05) is 4.72 Å². The van der Waals surface area contributed by atoms with E-state index in [9.17, 15) is 21.6 Å². The van der Waals surface area contributed by atoms with Gasteiger partial charge in [-0.3, -0.25) is 4.72 Å². The largest absolute Gasteiger partial charge is 0.417 e. The van der Waals surface area contributed by atoms with E-state index in [4.69, 9.17) is 5.26 Å². The molecular weight excluding hydrogens is 397 g/mol. The first-order valence-electron chi connectivity index (χ1n) is 6.04. The second-order valence-corrected chi connectivity index (χ2v) is 6.91. The van der Waals surface area contributed by atoms with Crippen molar-refractivity contribution in [2.45, 2.75) is 11.1 Å². The fourth-order valence-electron chi connectivity index (χ4n) is 1.81. The molecule has 2 aromatic carbocycles. The Kier molecular flexibility index (Phi) is 4.68. The SMILES string of the molecule is N#Cc1ccccc1S(=O)(=O)Nc1ccc(Br)c(C(F)(F)F)c1. The van der Waals surface area contributed by atoms with Crippen LogP contribution in [0, 0.1) is 11.3 Å². The summed E-state index contributed by atoms with van der Waals surface area (Å²) in [6.07, 6.45) is -4.63. The maximum atomic E-state index is 12.9. The van der Waals surface area contributed by atoms with Crippen LogP contribution in [-0.4, -0.2) is 8.42 Å². The summed E-state index contributed by atoms with van der Waals surface area (Å²) in [4.78, 5) is -0.307. The highest BCUT2D eigenvalue weighted by Crippen LogP contribution is 2.36. The summed E-state index contributed by atoms with van der Waals surface area (Å²) < 4.78 is 64.9. The van der Waals surface area contributed by atoms with Gasteiger partial charge in [0.05, 0.1) is 11.1 Å². The Morgan fingerprint density at radius 1 is 1.13 bits per heavy atom. The van der Waals surface area contributed by atoms with Crippen molar-refractivity contribution < 1.29 is 21.6 Å². The Balaban J connectivity index is 2.45. The molecule has 120 valence electrons. The number of halogens is 4. The molecular formula is C14H8BrF3N2O2S. The highest BCUT2D eigenvalue weighted by atomic mass is 79.9. The van der Waals surface area contributed by atoms with Crippen molar-refractivity contribution in [2.75, 3.05) is 4.72 Å². The Morgan fingerprint density at radius 3 is 2.39 bits per heavy atom. The highest BCUT2D eigenvalue weighted by Gasteiger charge is 2.33. The van der Waals surface area contributed by atoms with Crippen molar-refractivity contribution in [2.24, 2.45) is 0 Å². The average molecular weight is 405 g/mol. The summed E-state index contributed by atoms with van der Waals surface area (Å²) in [5.41, 5.74) is -1.37. The zero-order chi connectivity index (χ0) is 17.3. The first-order chi connectivity index (χ1) is 10.6. The van der Waals surface area contributed by atoms with E-state index >= 15 is 0 Å². The van der Waals surface area contributed by atoms with Crippen LogP contribution in [0.15, 0.2) is 51.8 Å². The summed E-state index contributed by atoms with van der Waals surface area (Å²) in [7, 11) is -4.19. The molecule has 23 heavy (non-hydrogen) atoms. The summed E-state index contributed by atoms with van der Waals surface area (Å²) >= 11 is 2.77. The number of nitrogens with one attached hydrogen (secondary N) is 1. The third-order valence-corrected chi connectivity index (χ3v) is 4.95. The number of hydrogen-bond donors (Lipinski definition) is 1. The second-order valence-electron chi connectivity index (χ2n) is 4.41. The van der Waals surface area contributed by atoms with Crippen LogP contribution in [0.3, 0.4) is 0 Å². The lowest BCUT2D eigenvalue weighted by atomic mass is 10.2. The van der Waals surface area contributed by atoms with Crippen molar-refractivity contribution in [1.29, 1.82) is 5.26 Å². The highest BCUT2D eigenvalue weighted by molar-refractivity contribution is 9.10. The smallest absolute Gasteiger partial charge is 0.280 e. The standard InChI is InChI=1S/C14H8BrF3N2O2S/c15-12-6-5-10(7-11(12)14(16,17)18)20-23(21,22)13-4-2-1-3-9(13)8-19/h1-7,20H. The molecule has 0 aliphatic heterocycles. The molecule has 0 amide bonds. The van der Waals surface area contributed by atoms with Crippen LogP contribution in [0.2, 0.25) is 0 Å². The molecule has 0 radical (unpaired) electrons. The molecule has 0 aliphatic rings. The van der Waals surface area contributed by atoms with Crippen molar-refractivity contribution in [3.8, 4) is 6.07 Å². The number of nitriles is 1. The zero-order valence-corrected chi connectivity index (χ0v) is 13.6. The number of anilines is 1. The van der Waals surface area contributed by atoms with Crippen molar-refractivity contribution in [3.63, 3.8) is 0 Å². The fraction of sp³-hybridized carbons (Fsp3) is 0.0714. The monoisotopic (exact) mass is 404 g/mol. The quantitative estimate of drug-likeness (QED) is 0.835. The van der Waals surface area contributed by atoms with Crippen LogP contribution >= 0.6 is 15.9 Å². The predicted molar refractivity (Wildman–Crippen MR) is 81.1 cm³/mol. The van der Waals surface area contributed by atoms with E-state index in [1.54, 1.807) is 6.07 Å². The van der Waals surface area contributed by atoms with Gasteiger partial charge in [0.15, 0.2) is 0 Å². The topological polar surface area (TPSA) is 70.0 Å². The maximum Gasteiger partial charge on any atom is 0.417 e. The fourth-order valence-corrected chi connectivity index (χ4v) is 3.49. The third-order valence-electron chi connectivity index (χ3n) is 2.82. The first-order valence-corrected chi connectivity index (χ1v) is 8.31. The normalized spacial score (nSPS) is 11.8. The van der Waals surface area contributed by atoms with Crippen molar-refractivity contribution in [3.05, 3.63) is 58.1 Å². The number of nitrogens with zero attached hydrogens (tertiary/aromatic N) is 1. The first kappa shape index (κ1) is 17.3. The minimum Gasteiger partial charge on any atom is -0.280 e. The van der Waals surface area contributed by atoms with Gasteiger partial charge in [-0.15, -0.1) is 0 Å². The minimum absolute atomic E-state index is 0.104. The van der Waals surface area contributed by atoms with Gasteiger partial charge in [-0.1, -0.05) is 28.1 Å². The lowest BCUT2D eigenvalue weighted by Gasteiger charge is -2.13.